The summed E-state index contributed by atoms with van der Waals surface area (Å²) in [7, 11) is -3.83. The molecule has 1 atom stereocenters. The summed E-state index contributed by atoms with van der Waals surface area (Å²) >= 11 is 0. The number of carbonyl (C=O) groups excluding carboxylic acids is 2. The third-order valence-corrected chi connectivity index (χ3v) is 3.93. The zero-order valence-corrected chi connectivity index (χ0v) is 12.0. The number of ether oxygens (including phenoxy) is 1. The van der Waals surface area contributed by atoms with Crippen molar-refractivity contribution in [2.75, 3.05) is 6.54 Å². The third kappa shape index (κ3) is 5.48. The van der Waals surface area contributed by atoms with Crippen molar-refractivity contribution in [1.29, 1.82) is 0 Å². The lowest BCUT2D eigenvalue weighted by molar-refractivity contribution is -0.153. The van der Waals surface area contributed by atoms with Crippen molar-refractivity contribution in [3.63, 3.8) is 0 Å². The van der Waals surface area contributed by atoms with Crippen molar-refractivity contribution in [2.24, 2.45) is 5.73 Å². The first-order chi connectivity index (χ1) is 9.72. The van der Waals surface area contributed by atoms with Gasteiger partial charge in [0.15, 0.2) is 6.10 Å². The second-order valence-corrected chi connectivity index (χ2v) is 5.90. The molecule has 1 rings (SSSR count). The van der Waals surface area contributed by atoms with Gasteiger partial charge in [-0.1, -0.05) is 0 Å². The van der Waals surface area contributed by atoms with E-state index in [4.69, 9.17) is 5.73 Å². The highest BCUT2D eigenvalue weighted by Crippen LogP contribution is 2.09. The minimum absolute atomic E-state index is 0.122. The van der Waals surface area contributed by atoms with Crippen LogP contribution < -0.4 is 10.5 Å². The van der Waals surface area contributed by atoms with E-state index >= 15 is 0 Å². The van der Waals surface area contributed by atoms with Gasteiger partial charge in [0.05, 0.1) is 11.3 Å². The molecule has 3 N–H and O–H groups in total. The van der Waals surface area contributed by atoms with Crippen LogP contribution in [0.4, 0.5) is 4.39 Å². The van der Waals surface area contributed by atoms with E-state index in [0.29, 0.717) is 0 Å². The fraction of sp³-hybridized carbons (Fsp3) is 0.333. The Morgan fingerprint density at radius 1 is 1.33 bits per heavy atom. The van der Waals surface area contributed by atoms with E-state index in [9.17, 15) is 22.4 Å². The highest BCUT2D eigenvalue weighted by atomic mass is 32.2. The van der Waals surface area contributed by atoms with Crippen molar-refractivity contribution in [1.82, 2.24) is 4.72 Å². The first kappa shape index (κ1) is 17.1. The molecule has 0 bridgehead atoms. The monoisotopic (exact) mass is 318 g/mol. The van der Waals surface area contributed by atoms with Crippen LogP contribution in [0, 0.1) is 5.82 Å². The summed E-state index contributed by atoms with van der Waals surface area (Å²) in [5, 5.41) is 0. The summed E-state index contributed by atoms with van der Waals surface area (Å²) in [6.45, 7) is 1.09. The van der Waals surface area contributed by atoms with Crippen LogP contribution in [0.3, 0.4) is 0 Å². The Bertz CT molecular complexity index is 615. The molecule has 7 nitrogen and oxygen atoms in total. The van der Waals surface area contributed by atoms with E-state index in [1.807, 2.05) is 0 Å². The van der Waals surface area contributed by atoms with Gasteiger partial charge < -0.3 is 10.5 Å². The minimum Gasteiger partial charge on any atom is -0.453 e. The summed E-state index contributed by atoms with van der Waals surface area (Å²) in [6.07, 6.45) is -1.34. The van der Waals surface area contributed by atoms with Gasteiger partial charge in [0.1, 0.15) is 5.82 Å². The molecule has 1 amide bonds. The molecule has 0 aromatic heterocycles. The maximum atomic E-state index is 12.7. The lowest BCUT2D eigenvalue weighted by Gasteiger charge is -2.10. The first-order valence-corrected chi connectivity index (χ1v) is 7.44. The Kier molecular flexibility index (Phi) is 5.79. The van der Waals surface area contributed by atoms with Gasteiger partial charge in [-0.15, -0.1) is 0 Å². The lowest BCUT2D eigenvalue weighted by Crippen LogP contribution is -2.32. The summed E-state index contributed by atoms with van der Waals surface area (Å²) in [5.74, 6) is -2.11. The van der Waals surface area contributed by atoms with Gasteiger partial charge in [0.2, 0.25) is 10.0 Å². The Morgan fingerprint density at radius 3 is 2.43 bits per heavy atom. The molecule has 0 saturated carbocycles. The van der Waals surface area contributed by atoms with E-state index < -0.39 is 33.8 Å². The Morgan fingerprint density at radius 2 is 1.90 bits per heavy atom. The number of carbonyl (C=O) groups is 2. The van der Waals surface area contributed by atoms with Gasteiger partial charge in [-0.05, 0) is 31.2 Å². The van der Waals surface area contributed by atoms with E-state index in [0.717, 1.165) is 24.3 Å². The zero-order valence-electron chi connectivity index (χ0n) is 11.2. The average molecular weight is 318 g/mol. The summed E-state index contributed by atoms with van der Waals surface area (Å²) < 4.78 is 43.1. The van der Waals surface area contributed by atoms with E-state index in [2.05, 4.69) is 9.46 Å². The van der Waals surface area contributed by atoms with Gasteiger partial charge in [0.25, 0.3) is 5.91 Å². The number of nitrogens with two attached hydrogens (primary N) is 1. The molecule has 0 radical (unpaired) electrons. The summed E-state index contributed by atoms with van der Waals surface area (Å²) in [5.41, 5.74) is 4.91. The number of esters is 1. The summed E-state index contributed by atoms with van der Waals surface area (Å²) in [6, 6.07) is 4.23. The molecule has 0 unspecified atom stereocenters. The van der Waals surface area contributed by atoms with Crippen molar-refractivity contribution in [3.8, 4) is 0 Å². The van der Waals surface area contributed by atoms with Gasteiger partial charge >= 0.3 is 5.97 Å². The molecule has 116 valence electrons. The predicted molar refractivity (Wildman–Crippen MR) is 71.0 cm³/mol. The summed E-state index contributed by atoms with van der Waals surface area (Å²) in [4.78, 5) is 21.9. The van der Waals surface area contributed by atoms with E-state index in [1.54, 1.807) is 0 Å². The number of rotatable bonds is 7. The molecule has 0 fully saturated rings. The van der Waals surface area contributed by atoms with Gasteiger partial charge in [-0.2, -0.15) is 0 Å². The number of nitrogens with one attached hydrogen (secondary N) is 1. The SMILES string of the molecule is C[C@H](OC(=O)CCNS(=O)(=O)c1ccc(F)cc1)C(N)=O. The highest BCUT2D eigenvalue weighted by molar-refractivity contribution is 7.89. The maximum absolute atomic E-state index is 12.7. The van der Waals surface area contributed by atoms with Crippen molar-refractivity contribution < 1.29 is 27.1 Å². The van der Waals surface area contributed by atoms with Crippen molar-refractivity contribution >= 4 is 21.9 Å². The van der Waals surface area contributed by atoms with Crippen LogP contribution in [-0.4, -0.2) is 32.9 Å². The van der Waals surface area contributed by atoms with Crippen LogP contribution in [0.2, 0.25) is 0 Å². The quantitative estimate of drug-likeness (QED) is 0.682. The highest BCUT2D eigenvalue weighted by Gasteiger charge is 2.17. The number of hydrogen-bond acceptors (Lipinski definition) is 5. The van der Waals surface area contributed by atoms with Crippen molar-refractivity contribution in [3.05, 3.63) is 30.1 Å². The fourth-order valence-corrected chi connectivity index (χ4v) is 2.33. The molecule has 9 heteroatoms. The zero-order chi connectivity index (χ0) is 16.0. The first-order valence-electron chi connectivity index (χ1n) is 5.96. The molecule has 0 aliphatic rings. The van der Waals surface area contributed by atoms with Crippen LogP contribution in [0.5, 0.6) is 0 Å². The van der Waals surface area contributed by atoms with Crippen LogP contribution in [0.15, 0.2) is 29.2 Å². The largest absolute Gasteiger partial charge is 0.453 e. The second kappa shape index (κ2) is 7.14. The molecule has 0 saturated heterocycles. The molecule has 0 aliphatic heterocycles. The number of hydrogen-bond donors (Lipinski definition) is 2. The molecule has 0 heterocycles. The van der Waals surface area contributed by atoms with Crippen LogP contribution in [0.25, 0.3) is 0 Å². The predicted octanol–water partition coefficient (Wildman–Crippen LogP) is -0.0889. The topological polar surface area (TPSA) is 116 Å². The lowest BCUT2D eigenvalue weighted by atomic mass is 10.4. The Labute approximate surface area is 121 Å². The van der Waals surface area contributed by atoms with Crippen LogP contribution in [-0.2, 0) is 24.3 Å². The molecule has 21 heavy (non-hydrogen) atoms. The molecular formula is C12H15FN2O5S. The smallest absolute Gasteiger partial charge is 0.307 e. The average Bonchev–Trinajstić information content (AvgIpc) is 2.38. The van der Waals surface area contributed by atoms with Crippen LogP contribution in [0.1, 0.15) is 13.3 Å². The van der Waals surface area contributed by atoms with E-state index in [-0.39, 0.29) is 17.9 Å². The second-order valence-electron chi connectivity index (χ2n) is 4.14. The van der Waals surface area contributed by atoms with Crippen molar-refractivity contribution in [2.45, 2.75) is 24.3 Å². The molecule has 0 aliphatic carbocycles. The minimum atomic E-state index is -3.83. The molecule has 0 spiro atoms. The number of sulfonamides is 1. The molecular weight excluding hydrogens is 303 g/mol. The van der Waals surface area contributed by atoms with Gasteiger partial charge in [-0.25, -0.2) is 17.5 Å². The van der Waals surface area contributed by atoms with Gasteiger partial charge in [0, 0.05) is 6.54 Å². The van der Waals surface area contributed by atoms with Gasteiger partial charge in [-0.3, -0.25) is 9.59 Å². The standard InChI is InChI=1S/C12H15FN2O5S/c1-8(12(14)17)20-11(16)6-7-15-21(18,19)10-4-2-9(13)3-5-10/h2-5,8,15H,6-7H2,1H3,(H2,14,17)/t8-/m0/s1. The number of benzene rings is 1. The Balaban J connectivity index is 2.49. The van der Waals surface area contributed by atoms with Crippen LogP contribution >= 0.6 is 0 Å². The number of amides is 1. The maximum Gasteiger partial charge on any atom is 0.307 e. The van der Waals surface area contributed by atoms with E-state index in [1.165, 1.54) is 6.92 Å². The number of halogens is 1. The molecule has 1 aromatic rings. The Hall–Kier alpha value is -2.00. The fourth-order valence-electron chi connectivity index (χ4n) is 1.30. The third-order valence-electron chi connectivity index (χ3n) is 2.45. The molecule has 1 aromatic carbocycles. The number of primary amides is 1. The normalized spacial score (nSPS) is 12.7.